The Labute approximate surface area is 82.7 Å². The zero-order valence-electron chi connectivity index (χ0n) is 7.92. The Hall–Kier alpha value is -0.550. The summed E-state index contributed by atoms with van der Waals surface area (Å²) in [5.41, 5.74) is 5.39. The van der Waals surface area contributed by atoms with E-state index in [1.54, 1.807) is 0 Å². The van der Waals surface area contributed by atoms with Crippen LogP contribution in [0.15, 0.2) is 0 Å². The molecular formula is C8H16N4S. The number of H-pyrrole nitrogens is 1. The highest BCUT2D eigenvalue weighted by Gasteiger charge is 2.01. The molecule has 0 saturated heterocycles. The van der Waals surface area contributed by atoms with Crippen molar-refractivity contribution < 1.29 is 0 Å². The van der Waals surface area contributed by atoms with Crippen molar-refractivity contribution in [2.24, 2.45) is 5.73 Å². The van der Waals surface area contributed by atoms with Crippen molar-refractivity contribution in [2.45, 2.75) is 25.5 Å². The van der Waals surface area contributed by atoms with Crippen LogP contribution in [0.25, 0.3) is 0 Å². The number of aromatic nitrogens is 3. The van der Waals surface area contributed by atoms with Crippen LogP contribution in [0.2, 0.25) is 0 Å². The van der Waals surface area contributed by atoms with Crippen LogP contribution in [0.4, 0.5) is 0 Å². The van der Waals surface area contributed by atoms with E-state index in [4.69, 9.17) is 5.73 Å². The van der Waals surface area contributed by atoms with Crippen LogP contribution in [0.5, 0.6) is 0 Å². The van der Waals surface area contributed by atoms with Crippen LogP contribution in [-0.2, 0) is 12.2 Å². The molecule has 0 aliphatic carbocycles. The molecule has 0 spiro atoms. The molecule has 5 heteroatoms. The van der Waals surface area contributed by atoms with E-state index in [9.17, 15) is 0 Å². The average molecular weight is 200 g/mol. The van der Waals surface area contributed by atoms with Gasteiger partial charge in [-0.15, -0.1) is 0 Å². The van der Waals surface area contributed by atoms with Gasteiger partial charge in [-0.25, -0.2) is 4.98 Å². The monoisotopic (exact) mass is 200 g/mol. The third-order valence-electron chi connectivity index (χ3n) is 1.63. The molecule has 0 fully saturated rings. The van der Waals surface area contributed by atoms with E-state index in [0.29, 0.717) is 6.54 Å². The summed E-state index contributed by atoms with van der Waals surface area (Å²) < 4.78 is 0. The molecule has 0 radical (unpaired) electrons. The smallest absolute Gasteiger partial charge is 0.150 e. The van der Waals surface area contributed by atoms with E-state index in [0.717, 1.165) is 36.0 Å². The zero-order valence-corrected chi connectivity index (χ0v) is 8.73. The first-order chi connectivity index (χ1) is 6.36. The second kappa shape index (κ2) is 5.99. The number of thioether (sulfide) groups is 1. The first-order valence-corrected chi connectivity index (χ1v) is 5.70. The Kier molecular flexibility index (Phi) is 4.85. The fourth-order valence-electron chi connectivity index (χ4n) is 0.970. The number of aryl methyl sites for hydroxylation is 1. The van der Waals surface area contributed by atoms with Gasteiger partial charge >= 0.3 is 0 Å². The van der Waals surface area contributed by atoms with E-state index >= 15 is 0 Å². The summed E-state index contributed by atoms with van der Waals surface area (Å²) in [7, 11) is 0. The van der Waals surface area contributed by atoms with Crippen LogP contribution in [-0.4, -0.2) is 27.5 Å². The molecular weight excluding hydrogens is 184 g/mol. The molecule has 1 heterocycles. The van der Waals surface area contributed by atoms with Gasteiger partial charge in [0, 0.05) is 6.42 Å². The molecule has 0 aromatic carbocycles. The second-order valence-electron chi connectivity index (χ2n) is 2.73. The summed E-state index contributed by atoms with van der Waals surface area (Å²) in [6.45, 7) is 2.84. The van der Waals surface area contributed by atoms with Crippen LogP contribution in [0.3, 0.4) is 0 Å². The maximum Gasteiger partial charge on any atom is 0.150 e. The first-order valence-electron chi connectivity index (χ1n) is 4.54. The van der Waals surface area contributed by atoms with E-state index in [1.807, 2.05) is 11.8 Å². The van der Waals surface area contributed by atoms with Gasteiger partial charge in [-0.3, -0.25) is 5.10 Å². The number of nitrogens with one attached hydrogen (secondary N) is 1. The summed E-state index contributed by atoms with van der Waals surface area (Å²) in [5, 5.41) is 7.03. The Morgan fingerprint density at radius 2 is 2.38 bits per heavy atom. The third-order valence-corrected chi connectivity index (χ3v) is 2.51. The highest BCUT2D eigenvalue weighted by Crippen LogP contribution is 2.07. The van der Waals surface area contributed by atoms with Gasteiger partial charge in [0.1, 0.15) is 5.82 Å². The van der Waals surface area contributed by atoms with Crippen LogP contribution in [0.1, 0.15) is 25.0 Å². The van der Waals surface area contributed by atoms with Crippen LogP contribution in [0, 0.1) is 0 Å². The fraction of sp³-hybridized carbons (Fsp3) is 0.750. The molecule has 0 aliphatic heterocycles. The Bertz CT molecular complexity index is 213. The first kappa shape index (κ1) is 10.5. The van der Waals surface area contributed by atoms with E-state index in [-0.39, 0.29) is 0 Å². The molecule has 4 nitrogen and oxygen atoms in total. The number of aromatic amines is 1. The largest absolute Gasteiger partial charge is 0.330 e. The molecule has 0 unspecified atom stereocenters. The third kappa shape index (κ3) is 3.78. The maximum absolute atomic E-state index is 5.39. The lowest BCUT2D eigenvalue weighted by atomic mass is 10.3. The predicted molar refractivity (Wildman–Crippen MR) is 55.6 cm³/mol. The molecule has 3 N–H and O–H groups in total. The molecule has 13 heavy (non-hydrogen) atoms. The Morgan fingerprint density at radius 1 is 1.54 bits per heavy atom. The van der Waals surface area contributed by atoms with Gasteiger partial charge in [0.2, 0.25) is 0 Å². The summed E-state index contributed by atoms with van der Waals surface area (Å²) >= 11 is 1.84. The highest BCUT2D eigenvalue weighted by atomic mass is 32.2. The van der Waals surface area contributed by atoms with Crippen molar-refractivity contribution in [3.8, 4) is 0 Å². The number of hydrogen-bond acceptors (Lipinski definition) is 4. The summed E-state index contributed by atoms with van der Waals surface area (Å²) in [6.07, 6.45) is 1.84. The molecule has 0 saturated carbocycles. The van der Waals surface area contributed by atoms with Gasteiger partial charge in [0.15, 0.2) is 5.82 Å². The normalized spacial score (nSPS) is 10.6. The quantitative estimate of drug-likeness (QED) is 0.717. The predicted octanol–water partition coefficient (Wildman–Crippen LogP) is 0.949. The minimum Gasteiger partial charge on any atom is -0.330 e. The summed E-state index contributed by atoms with van der Waals surface area (Å²) in [4.78, 5) is 4.34. The van der Waals surface area contributed by atoms with E-state index < -0.39 is 0 Å². The lowest BCUT2D eigenvalue weighted by molar-refractivity contribution is 0.785. The summed E-state index contributed by atoms with van der Waals surface area (Å²) in [5.74, 6) is 3.89. The number of nitrogens with zero attached hydrogens (tertiary/aromatic N) is 2. The maximum atomic E-state index is 5.39. The van der Waals surface area contributed by atoms with Gasteiger partial charge in [0.25, 0.3) is 0 Å². The number of hydrogen-bond donors (Lipinski definition) is 2. The molecule has 0 amide bonds. The Balaban J connectivity index is 2.34. The summed E-state index contributed by atoms with van der Waals surface area (Å²) in [6, 6.07) is 0. The van der Waals surface area contributed by atoms with E-state index in [1.165, 1.54) is 0 Å². The van der Waals surface area contributed by atoms with Crippen molar-refractivity contribution in [1.29, 1.82) is 0 Å². The van der Waals surface area contributed by atoms with Crippen molar-refractivity contribution in [1.82, 2.24) is 15.2 Å². The van der Waals surface area contributed by atoms with Gasteiger partial charge in [-0.1, -0.05) is 6.92 Å². The van der Waals surface area contributed by atoms with Gasteiger partial charge in [-0.05, 0) is 18.7 Å². The van der Waals surface area contributed by atoms with Gasteiger partial charge in [0.05, 0.1) is 5.75 Å². The lowest BCUT2D eigenvalue weighted by Gasteiger charge is -1.91. The standard InChI is InChI=1S/C8H16N4S/c1-2-13-6-8-10-7(11-12-8)4-3-5-9/h2-6,9H2,1H3,(H,10,11,12). The molecule has 0 atom stereocenters. The highest BCUT2D eigenvalue weighted by molar-refractivity contribution is 7.98. The van der Waals surface area contributed by atoms with Crippen molar-refractivity contribution in [3.63, 3.8) is 0 Å². The molecule has 1 rings (SSSR count). The Morgan fingerprint density at radius 3 is 3.08 bits per heavy atom. The minimum absolute atomic E-state index is 0.702. The molecule has 0 bridgehead atoms. The number of nitrogens with two attached hydrogens (primary N) is 1. The van der Waals surface area contributed by atoms with Gasteiger partial charge in [-0.2, -0.15) is 16.9 Å². The van der Waals surface area contributed by atoms with Crippen molar-refractivity contribution in [3.05, 3.63) is 11.6 Å². The van der Waals surface area contributed by atoms with Crippen molar-refractivity contribution in [2.75, 3.05) is 12.3 Å². The van der Waals surface area contributed by atoms with Crippen LogP contribution < -0.4 is 5.73 Å². The SMILES string of the molecule is CCSCc1nc(CCCN)n[nH]1. The second-order valence-corrected chi connectivity index (χ2v) is 4.00. The molecule has 0 aliphatic rings. The van der Waals surface area contributed by atoms with Crippen LogP contribution >= 0.6 is 11.8 Å². The van der Waals surface area contributed by atoms with E-state index in [2.05, 4.69) is 22.1 Å². The molecule has 74 valence electrons. The minimum atomic E-state index is 0.702. The van der Waals surface area contributed by atoms with Gasteiger partial charge < -0.3 is 5.73 Å². The fourth-order valence-corrected chi connectivity index (χ4v) is 1.50. The van der Waals surface area contributed by atoms with Crippen molar-refractivity contribution >= 4 is 11.8 Å². The molecule has 1 aromatic heterocycles. The number of rotatable bonds is 6. The average Bonchev–Trinajstić information content (AvgIpc) is 2.59. The lowest BCUT2D eigenvalue weighted by Crippen LogP contribution is -2.01. The molecule has 1 aromatic rings. The topological polar surface area (TPSA) is 67.6 Å². The zero-order chi connectivity index (χ0) is 9.52.